The third kappa shape index (κ3) is 6.64. The van der Waals surface area contributed by atoms with Gasteiger partial charge in [0.05, 0.1) is 12.8 Å². The molecule has 1 saturated carbocycles. The zero-order valence-electron chi connectivity index (χ0n) is 18.8. The standard InChI is InChI=1S/C23H38N4O2.HI/c1-4-24-22(25-18-23(14-16-28-2)12-7-8-13-23)26-19-11-15-27(17-19)20-9-5-6-10-21(20)29-3;/h5-6,9-10,19H,4,7-8,11-18H2,1-3H3,(H2,24,25,26);1H. The van der Waals surface area contributed by atoms with Gasteiger partial charge >= 0.3 is 0 Å². The minimum Gasteiger partial charge on any atom is -0.495 e. The van der Waals surface area contributed by atoms with E-state index in [-0.39, 0.29) is 24.0 Å². The highest BCUT2D eigenvalue weighted by Crippen LogP contribution is 2.41. The molecule has 1 aliphatic carbocycles. The minimum absolute atomic E-state index is 0. The normalized spacial score (nSPS) is 20.7. The summed E-state index contributed by atoms with van der Waals surface area (Å²) >= 11 is 0. The van der Waals surface area contributed by atoms with Gasteiger partial charge in [-0.05, 0) is 50.2 Å². The largest absolute Gasteiger partial charge is 0.495 e. The number of rotatable bonds is 9. The summed E-state index contributed by atoms with van der Waals surface area (Å²) in [6, 6.07) is 8.65. The molecule has 1 unspecified atom stereocenters. The highest BCUT2D eigenvalue weighted by Gasteiger charge is 2.33. The van der Waals surface area contributed by atoms with E-state index in [1.807, 2.05) is 12.1 Å². The van der Waals surface area contributed by atoms with E-state index in [9.17, 15) is 0 Å². The van der Waals surface area contributed by atoms with Gasteiger partial charge in [0.1, 0.15) is 5.75 Å². The maximum atomic E-state index is 5.54. The summed E-state index contributed by atoms with van der Waals surface area (Å²) < 4.78 is 10.9. The Kier molecular flexibility index (Phi) is 10.5. The minimum atomic E-state index is 0. The van der Waals surface area contributed by atoms with Crippen molar-refractivity contribution in [3.05, 3.63) is 24.3 Å². The Bertz CT molecular complexity index is 664. The van der Waals surface area contributed by atoms with E-state index >= 15 is 0 Å². The van der Waals surface area contributed by atoms with Crippen molar-refractivity contribution in [3.8, 4) is 5.75 Å². The van der Waals surface area contributed by atoms with Gasteiger partial charge in [-0.1, -0.05) is 25.0 Å². The number of hydrogen-bond acceptors (Lipinski definition) is 4. The molecule has 1 atom stereocenters. The summed E-state index contributed by atoms with van der Waals surface area (Å²) in [6.07, 6.45) is 7.38. The van der Waals surface area contributed by atoms with Crippen molar-refractivity contribution in [2.75, 3.05) is 51.9 Å². The van der Waals surface area contributed by atoms with Gasteiger partial charge in [0, 0.05) is 45.9 Å². The average Bonchev–Trinajstić information content (AvgIpc) is 3.41. The molecule has 170 valence electrons. The lowest BCUT2D eigenvalue weighted by atomic mass is 9.83. The fourth-order valence-electron chi connectivity index (χ4n) is 4.68. The molecule has 6 nitrogen and oxygen atoms in total. The lowest BCUT2D eigenvalue weighted by molar-refractivity contribution is 0.141. The van der Waals surface area contributed by atoms with E-state index in [2.05, 4.69) is 34.6 Å². The molecule has 1 heterocycles. The van der Waals surface area contributed by atoms with Crippen molar-refractivity contribution in [1.82, 2.24) is 10.6 Å². The number of hydrogen-bond donors (Lipinski definition) is 2. The van der Waals surface area contributed by atoms with E-state index in [1.54, 1.807) is 14.2 Å². The Labute approximate surface area is 199 Å². The van der Waals surface area contributed by atoms with Crippen LogP contribution in [0.25, 0.3) is 0 Å². The first kappa shape index (κ1) is 25.0. The average molecular weight is 530 g/mol. The molecule has 0 bridgehead atoms. The first-order valence-corrected chi connectivity index (χ1v) is 11.1. The SMILES string of the molecule is CCNC(=NCC1(CCOC)CCCC1)NC1CCN(c2ccccc2OC)C1.I. The smallest absolute Gasteiger partial charge is 0.191 e. The number of guanidine groups is 1. The molecule has 1 aliphatic heterocycles. The van der Waals surface area contributed by atoms with E-state index in [1.165, 1.54) is 31.4 Å². The number of aliphatic imine (C=N–C) groups is 1. The molecule has 1 saturated heterocycles. The van der Waals surface area contributed by atoms with Crippen LogP contribution in [0.5, 0.6) is 5.75 Å². The van der Waals surface area contributed by atoms with E-state index in [0.29, 0.717) is 11.5 Å². The van der Waals surface area contributed by atoms with E-state index in [0.717, 1.165) is 57.3 Å². The molecule has 3 rings (SSSR count). The Balaban J connectivity index is 0.00000320. The summed E-state index contributed by atoms with van der Waals surface area (Å²) in [5.74, 6) is 1.89. The molecular weight excluding hydrogens is 491 g/mol. The van der Waals surface area contributed by atoms with Crippen LogP contribution in [0.2, 0.25) is 0 Å². The van der Waals surface area contributed by atoms with Gasteiger partial charge in [-0.3, -0.25) is 4.99 Å². The van der Waals surface area contributed by atoms with E-state index < -0.39 is 0 Å². The van der Waals surface area contributed by atoms with Gasteiger partial charge in [-0.15, -0.1) is 24.0 Å². The highest BCUT2D eigenvalue weighted by molar-refractivity contribution is 14.0. The van der Waals surface area contributed by atoms with Crippen molar-refractivity contribution in [2.45, 2.75) is 51.5 Å². The number of ether oxygens (including phenoxy) is 2. The fourth-order valence-corrected chi connectivity index (χ4v) is 4.68. The third-order valence-corrected chi connectivity index (χ3v) is 6.37. The fraction of sp³-hybridized carbons (Fsp3) is 0.696. The molecule has 2 fully saturated rings. The Morgan fingerprint density at radius 2 is 2.00 bits per heavy atom. The van der Waals surface area contributed by atoms with Gasteiger partial charge in [0.2, 0.25) is 0 Å². The predicted molar refractivity (Wildman–Crippen MR) is 136 cm³/mol. The monoisotopic (exact) mass is 530 g/mol. The molecule has 2 aliphatic rings. The molecular formula is C23H39IN4O2. The summed E-state index contributed by atoms with van der Waals surface area (Å²) in [4.78, 5) is 7.41. The molecule has 0 radical (unpaired) electrons. The maximum absolute atomic E-state index is 5.54. The number of para-hydroxylation sites is 2. The van der Waals surface area contributed by atoms with Crippen molar-refractivity contribution in [2.24, 2.45) is 10.4 Å². The summed E-state index contributed by atoms with van der Waals surface area (Å²) in [5.41, 5.74) is 1.49. The van der Waals surface area contributed by atoms with Gasteiger partial charge in [-0.2, -0.15) is 0 Å². The zero-order chi connectivity index (χ0) is 20.5. The zero-order valence-corrected chi connectivity index (χ0v) is 21.1. The molecule has 7 heteroatoms. The lowest BCUT2D eigenvalue weighted by Gasteiger charge is -2.27. The van der Waals surface area contributed by atoms with Crippen LogP contribution in [0, 0.1) is 5.41 Å². The molecule has 30 heavy (non-hydrogen) atoms. The lowest BCUT2D eigenvalue weighted by Crippen LogP contribution is -2.45. The van der Waals surface area contributed by atoms with Crippen LogP contribution in [0.3, 0.4) is 0 Å². The molecule has 2 N–H and O–H groups in total. The van der Waals surface area contributed by atoms with E-state index in [4.69, 9.17) is 14.5 Å². The number of anilines is 1. The van der Waals surface area contributed by atoms with Gasteiger partial charge in [-0.25, -0.2) is 0 Å². The molecule has 0 amide bonds. The highest BCUT2D eigenvalue weighted by atomic mass is 127. The van der Waals surface area contributed by atoms with Crippen LogP contribution in [0.15, 0.2) is 29.3 Å². The molecule has 1 aromatic rings. The number of halogens is 1. The Morgan fingerprint density at radius 3 is 2.70 bits per heavy atom. The van der Waals surface area contributed by atoms with Gasteiger partial charge < -0.3 is 25.0 Å². The van der Waals surface area contributed by atoms with Crippen LogP contribution in [0.4, 0.5) is 5.69 Å². The van der Waals surface area contributed by atoms with Gasteiger partial charge in [0.25, 0.3) is 0 Å². The van der Waals surface area contributed by atoms with Crippen molar-refractivity contribution < 1.29 is 9.47 Å². The number of benzene rings is 1. The van der Waals surface area contributed by atoms with Crippen molar-refractivity contribution in [3.63, 3.8) is 0 Å². The third-order valence-electron chi connectivity index (χ3n) is 6.37. The molecule has 0 spiro atoms. The second-order valence-corrected chi connectivity index (χ2v) is 8.39. The van der Waals surface area contributed by atoms with Crippen LogP contribution < -0.4 is 20.3 Å². The maximum Gasteiger partial charge on any atom is 0.191 e. The van der Waals surface area contributed by atoms with Crippen molar-refractivity contribution >= 4 is 35.6 Å². The number of nitrogens with one attached hydrogen (secondary N) is 2. The molecule has 0 aromatic heterocycles. The predicted octanol–water partition coefficient (Wildman–Crippen LogP) is 4.04. The Hall–Kier alpha value is -1.22. The Morgan fingerprint density at radius 1 is 1.23 bits per heavy atom. The first-order chi connectivity index (χ1) is 14.2. The van der Waals surface area contributed by atoms with Crippen LogP contribution >= 0.6 is 24.0 Å². The second-order valence-electron chi connectivity index (χ2n) is 8.39. The van der Waals surface area contributed by atoms with Crippen LogP contribution in [-0.4, -0.2) is 59.0 Å². The van der Waals surface area contributed by atoms with Crippen LogP contribution in [0.1, 0.15) is 45.4 Å². The number of nitrogens with zero attached hydrogens (tertiary/aromatic N) is 2. The number of methoxy groups -OCH3 is 2. The topological polar surface area (TPSA) is 58.1 Å². The quantitative estimate of drug-likeness (QED) is 0.287. The summed E-state index contributed by atoms with van der Waals surface area (Å²) in [7, 11) is 3.54. The summed E-state index contributed by atoms with van der Waals surface area (Å²) in [6.45, 7) is 6.70. The second kappa shape index (κ2) is 12.6. The molecule has 1 aromatic carbocycles. The van der Waals surface area contributed by atoms with Crippen molar-refractivity contribution in [1.29, 1.82) is 0 Å². The first-order valence-electron chi connectivity index (χ1n) is 11.1. The van der Waals surface area contributed by atoms with Crippen LogP contribution in [-0.2, 0) is 4.74 Å². The summed E-state index contributed by atoms with van der Waals surface area (Å²) in [5, 5.41) is 7.12. The van der Waals surface area contributed by atoms with Gasteiger partial charge in [0.15, 0.2) is 5.96 Å².